The van der Waals surface area contributed by atoms with E-state index in [1.807, 2.05) is 25.1 Å². The first-order valence-electron chi connectivity index (χ1n) is 10.7. The first kappa shape index (κ1) is 21.2. The van der Waals surface area contributed by atoms with Crippen LogP contribution in [0.5, 0.6) is 5.75 Å². The van der Waals surface area contributed by atoms with Crippen LogP contribution in [0.1, 0.15) is 16.7 Å². The van der Waals surface area contributed by atoms with Crippen LogP contribution in [0.4, 0.5) is 14.6 Å². The van der Waals surface area contributed by atoms with Crippen LogP contribution in [-0.4, -0.2) is 40.8 Å². The Kier molecular flexibility index (Phi) is 5.60. The molecule has 8 heteroatoms. The lowest BCUT2D eigenvalue weighted by atomic mass is 10.0. The highest BCUT2D eigenvalue weighted by Gasteiger charge is 2.20. The van der Waals surface area contributed by atoms with Crippen LogP contribution in [0.2, 0.25) is 0 Å². The Labute approximate surface area is 190 Å². The maximum Gasteiger partial charge on any atom is 0.135 e. The van der Waals surface area contributed by atoms with E-state index in [1.54, 1.807) is 30.7 Å². The van der Waals surface area contributed by atoms with E-state index >= 15 is 0 Å². The second kappa shape index (κ2) is 8.71. The van der Waals surface area contributed by atoms with Gasteiger partial charge in [-0.25, -0.2) is 13.8 Å². The third-order valence-electron chi connectivity index (χ3n) is 5.82. The highest BCUT2D eigenvalue weighted by molar-refractivity contribution is 6.00. The molecular weight excluding hydrogens is 424 g/mol. The van der Waals surface area contributed by atoms with Crippen molar-refractivity contribution in [2.75, 3.05) is 26.0 Å². The summed E-state index contributed by atoms with van der Waals surface area (Å²) in [7, 11) is 3.80. The zero-order valence-corrected chi connectivity index (χ0v) is 18.4. The fourth-order valence-corrected chi connectivity index (χ4v) is 4.23. The minimum Gasteiger partial charge on any atom is -0.493 e. The molecule has 1 aliphatic heterocycles. The lowest BCUT2D eigenvalue weighted by Crippen LogP contribution is -2.11. The smallest absolute Gasteiger partial charge is 0.135 e. The standard InChI is InChI=1S/C25H23F2N5O/c1-32(2)14-16-4-3-15(9-23(16)27)18-10-28-25(21-13-31-30-12-19(18)21)29-11-20-17-7-8-33-24(17)6-5-22(20)26/h3-6,9-10,12-13H,7-8,11,14H2,1-2H3,(H,28,29). The average molecular weight is 447 g/mol. The van der Waals surface area contributed by atoms with Gasteiger partial charge in [-0.3, -0.25) is 0 Å². The molecule has 0 spiro atoms. The molecule has 0 aliphatic carbocycles. The van der Waals surface area contributed by atoms with Gasteiger partial charge in [0.15, 0.2) is 0 Å². The number of hydrogen-bond acceptors (Lipinski definition) is 6. The number of halogens is 2. The summed E-state index contributed by atoms with van der Waals surface area (Å²) in [6.07, 6.45) is 5.61. The van der Waals surface area contributed by atoms with Gasteiger partial charge in [0.1, 0.15) is 23.2 Å². The monoisotopic (exact) mass is 447 g/mol. The maximum atomic E-state index is 14.7. The number of nitrogens with one attached hydrogen (secondary N) is 1. The Morgan fingerprint density at radius 3 is 2.61 bits per heavy atom. The zero-order chi connectivity index (χ0) is 22.9. The van der Waals surface area contributed by atoms with E-state index in [0.29, 0.717) is 42.1 Å². The fourth-order valence-electron chi connectivity index (χ4n) is 4.23. The molecule has 0 saturated heterocycles. The summed E-state index contributed by atoms with van der Waals surface area (Å²) in [5, 5.41) is 12.8. The topological polar surface area (TPSA) is 63.2 Å². The number of benzene rings is 2. The number of anilines is 1. The van der Waals surface area contributed by atoms with Crippen molar-refractivity contribution in [2.45, 2.75) is 19.5 Å². The van der Waals surface area contributed by atoms with Gasteiger partial charge in [-0.15, -0.1) is 0 Å². The maximum absolute atomic E-state index is 14.7. The van der Waals surface area contributed by atoms with Crippen LogP contribution >= 0.6 is 0 Å². The highest BCUT2D eigenvalue weighted by atomic mass is 19.1. The molecule has 5 rings (SSSR count). The number of pyridine rings is 1. The van der Waals surface area contributed by atoms with E-state index in [1.165, 1.54) is 12.1 Å². The van der Waals surface area contributed by atoms with Crippen LogP contribution < -0.4 is 10.1 Å². The number of rotatable bonds is 6. The molecule has 2 aromatic carbocycles. The Balaban J connectivity index is 1.48. The molecule has 1 N–H and O–H groups in total. The van der Waals surface area contributed by atoms with Gasteiger partial charge in [0.25, 0.3) is 0 Å². The van der Waals surface area contributed by atoms with Crippen LogP contribution in [0, 0.1) is 11.6 Å². The lowest BCUT2D eigenvalue weighted by Gasteiger charge is -2.15. The van der Waals surface area contributed by atoms with Gasteiger partial charge < -0.3 is 15.0 Å². The number of nitrogens with zero attached hydrogens (tertiary/aromatic N) is 4. The molecule has 0 saturated carbocycles. The number of ether oxygens (including phenoxy) is 1. The van der Waals surface area contributed by atoms with Crippen molar-refractivity contribution < 1.29 is 13.5 Å². The van der Waals surface area contributed by atoms with Crippen molar-refractivity contribution in [3.63, 3.8) is 0 Å². The Hall–Kier alpha value is -3.65. The van der Waals surface area contributed by atoms with Crippen LogP contribution in [0.3, 0.4) is 0 Å². The molecule has 168 valence electrons. The largest absolute Gasteiger partial charge is 0.493 e. The van der Waals surface area contributed by atoms with Gasteiger partial charge in [-0.1, -0.05) is 12.1 Å². The molecular formula is C25H23F2N5O. The van der Waals surface area contributed by atoms with Crippen molar-refractivity contribution >= 4 is 16.6 Å². The minimum absolute atomic E-state index is 0.260. The third kappa shape index (κ3) is 4.09. The Morgan fingerprint density at radius 2 is 1.82 bits per heavy atom. The normalized spacial score (nSPS) is 12.8. The van der Waals surface area contributed by atoms with E-state index < -0.39 is 0 Å². The summed E-state index contributed by atoms with van der Waals surface area (Å²) in [6.45, 7) is 1.33. The first-order valence-corrected chi connectivity index (χ1v) is 10.7. The van der Waals surface area contributed by atoms with E-state index in [2.05, 4.69) is 20.5 Å². The molecule has 0 unspecified atom stereocenters. The minimum atomic E-state index is -0.277. The number of fused-ring (bicyclic) bond motifs is 2. The molecule has 0 radical (unpaired) electrons. The molecule has 2 aromatic heterocycles. The molecule has 0 bridgehead atoms. The molecule has 0 atom stereocenters. The fraction of sp³-hybridized carbons (Fsp3) is 0.240. The molecule has 1 aliphatic rings. The number of hydrogen-bond donors (Lipinski definition) is 1. The van der Waals surface area contributed by atoms with Crippen molar-refractivity contribution in [3.05, 3.63) is 77.2 Å². The molecule has 33 heavy (non-hydrogen) atoms. The summed E-state index contributed by atoms with van der Waals surface area (Å²) < 4.78 is 34.8. The predicted octanol–water partition coefficient (Wildman–Crippen LogP) is 4.58. The Bertz CT molecular complexity index is 1340. The van der Waals surface area contributed by atoms with Crippen molar-refractivity contribution in [2.24, 2.45) is 0 Å². The first-order chi connectivity index (χ1) is 16.0. The van der Waals surface area contributed by atoms with Gasteiger partial charge in [0, 0.05) is 58.7 Å². The highest BCUT2D eigenvalue weighted by Crippen LogP contribution is 2.33. The van der Waals surface area contributed by atoms with Gasteiger partial charge in [-0.05, 0) is 37.9 Å². The summed E-state index contributed by atoms with van der Waals surface area (Å²) in [5.74, 6) is 0.742. The molecule has 6 nitrogen and oxygen atoms in total. The van der Waals surface area contributed by atoms with Gasteiger partial charge in [0.05, 0.1) is 19.0 Å². The molecule has 0 amide bonds. The van der Waals surface area contributed by atoms with Gasteiger partial charge in [0.2, 0.25) is 0 Å². The second-order valence-corrected chi connectivity index (χ2v) is 8.34. The van der Waals surface area contributed by atoms with E-state index in [-0.39, 0.29) is 18.2 Å². The van der Waals surface area contributed by atoms with Gasteiger partial charge >= 0.3 is 0 Å². The predicted molar refractivity (Wildman–Crippen MR) is 123 cm³/mol. The molecule has 3 heterocycles. The SMILES string of the molecule is CN(C)Cc1ccc(-c2cnc(NCc3c(F)ccc4c3CCO4)c3cnncc23)cc1F. The summed E-state index contributed by atoms with van der Waals surface area (Å²) in [5.41, 5.74) is 3.54. The lowest BCUT2D eigenvalue weighted by molar-refractivity contribution is 0.356. The van der Waals surface area contributed by atoms with Gasteiger partial charge in [-0.2, -0.15) is 10.2 Å². The van der Waals surface area contributed by atoms with Crippen LogP contribution in [-0.2, 0) is 19.5 Å². The number of aromatic nitrogens is 3. The van der Waals surface area contributed by atoms with E-state index in [4.69, 9.17) is 4.74 Å². The zero-order valence-electron chi connectivity index (χ0n) is 18.4. The van der Waals surface area contributed by atoms with Crippen molar-refractivity contribution in [1.29, 1.82) is 0 Å². The second-order valence-electron chi connectivity index (χ2n) is 8.34. The van der Waals surface area contributed by atoms with E-state index in [9.17, 15) is 8.78 Å². The summed E-state index contributed by atoms with van der Waals surface area (Å²) in [4.78, 5) is 6.48. The summed E-state index contributed by atoms with van der Waals surface area (Å²) in [6, 6.07) is 8.29. The molecule has 4 aromatic rings. The van der Waals surface area contributed by atoms with Crippen LogP contribution in [0.15, 0.2) is 48.9 Å². The van der Waals surface area contributed by atoms with Crippen molar-refractivity contribution in [3.8, 4) is 16.9 Å². The van der Waals surface area contributed by atoms with Crippen molar-refractivity contribution in [1.82, 2.24) is 20.1 Å². The quantitative estimate of drug-likeness (QED) is 0.467. The average Bonchev–Trinajstić information content (AvgIpc) is 3.28. The third-order valence-corrected chi connectivity index (χ3v) is 5.82. The van der Waals surface area contributed by atoms with E-state index in [0.717, 1.165) is 27.6 Å². The van der Waals surface area contributed by atoms with Crippen LogP contribution in [0.25, 0.3) is 21.9 Å². The molecule has 0 fully saturated rings. The summed E-state index contributed by atoms with van der Waals surface area (Å²) >= 11 is 0. The Morgan fingerprint density at radius 1 is 1.00 bits per heavy atom.